The van der Waals surface area contributed by atoms with Crippen LogP contribution in [0.5, 0.6) is 0 Å². The highest BCUT2D eigenvalue weighted by molar-refractivity contribution is 7.98. The minimum atomic E-state index is -1.39. The lowest BCUT2D eigenvalue weighted by Gasteiger charge is -2.24. The topological polar surface area (TPSA) is 214 Å². The minimum absolute atomic E-state index is 0.0354. The molecule has 0 aliphatic heterocycles. The lowest BCUT2D eigenvalue weighted by atomic mass is 10.1. The molecule has 0 fully saturated rings. The van der Waals surface area contributed by atoms with Crippen molar-refractivity contribution in [1.29, 1.82) is 0 Å². The van der Waals surface area contributed by atoms with Crippen molar-refractivity contribution in [3.63, 3.8) is 0 Å². The van der Waals surface area contributed by atoms with Gasteiger partial charge in [0.25, 0.3) is 0 Å². The molecule has 0 aliphatic rings. The van der Waals surface area contributed by atoms with Crippen LogP contribution in [-0.2, 0) is 24.0 Å². The summed E-state index contributed by atoms with van der Waals surface area (Å²) in [5.74, 6) is -3.09. The van der Waals surface area contributed by atoms with Crippen molar-refractivity contribution >= 4 is 53.1 Å². The third-order valence-corrected chi connectivity index (χ3v) is 5.61. The van der Waals surface area contributed by atoms with Crippen molar-refractivity contribution in [2.75, 3.05) is 30.6 Å². The number of thioether (sulfide) groups is 2. The summed E-state index contributed by atoms with van der Waals surface area (Å²) in [6.45, 7) is -0.761. The Morgan fingerprint density at radius 2 is 1.28 bits per heavy atom. The molecule has 0 aliphatic carbocycles. The van der Waals surface area contributed by atoms with E-state index in [1.807, 2.05) is 6.26 Å². The first kappa shape index (κ1) is 30.0. The Morgan fingerprint density at radius 3 is 1.75 bits per heavy atom. The SMILES string of the molecule is CSCCC(NC(=O)C(CCSC)NC(=O)C(CO)NC(=O)C(N)CCC(N)=O)C(=O)O. The van der Waals surface area contributed by atoms with Gasteiger partial charge in [-0.05, 0) is 43.3 Å². The summed E-state index contributed by atoms with van der Waals surface area (Å²) >= 11 is 2.86. The molecule has 184 valence electrons. The predicted octanol–water partition coefficient (Wildman–Crippen LogP) is -2.38. The molecule has 0 aromatic heterocycles. The van der Waals surface area contributed by atoms with E-state index in [9.17, 15) is 34.2 Å². The van der Waals surface area contributed by atoms with Gasteiger partial charge in [0, 0.05) is 6.42 Å². The molecule has 14 heteroatoms. The summed E-state index contributed by atoms with van der Waals surface area (Å²) in [5.41, 5.74) is 10.7. The highest BCUT2D eigenvalue weighted by Crippen LogP contribution is 2.05. The van der Waals surface area contributed by atoms with E-state index in [-0.39, 0.29) is 25.7 Å². The van der Waals surface area contributed by atoms with Crippen LogP contribution in [0.4, 0.5) is 0 Å². The Bertz CT molecular complexity index is 653. The molecule has 0 saturated heterocycles. The van der Waals surface area contributed by atoms with Crippen LogP contribution in [0.3, 0.4) is 0 Å². The quantitative estimate of drug-likeness (QED) is 0.114. The standard InChI is InChI=1S/C18H33N5O7S2/c1-31-7-5-11(16(27)22-12(18(29)30)6-8-32-2)21-17(28)13(9-24)23-15(26)10(19)3-4-14(20)25/h10-13,24H,3-9,19H2,1-2H3,(H2,20,25)(H,21,28)(H,22,27)(H,23,26)(H,29,30). The molecule has 0 heterocycles. The first-order chi connectivity index (χ1) is 15.1. The number of aliphatic hydroxyl groups excluding tert-OH is 1. The number of aliphatic hydroxyl groups is 1. The van der Waals surface area contributed by atoms with Crippen molar-refractivity contribution in [1.82, 2.24) is 16.0 Å². The zero-order chi connectivity index (χ0) is 24.7. The van der Waals surface area contributed by atoms with Crippen LogP contribution in [0.1, 0.15) is 25.7 Å². The second-order valence-corrected chi connectivity index (χ2v) is 8.85. The summed E-state index contributed by atoms with van der Waals surface area (Å²) < 4.78 is 0. The number of hydrogen-bond acceptors (Lipinski definition) is 9. The van der Waals surface area contributed by atoms with E-state index >= 15 is 0 Å². The van der Waals surface area contributed by atoms with E-state index in [2.05, 4.69) is 16.0 Å². The van der Waals surface area contributed by atoms with Crippen molar-refractivity contribution in [3.8, 4) is 0 Å². The van der Waals surface area contributed by atoms with E-state index in [0.29, 0.717) is 11.5 Å². The van der Waals surface area contributed by atoms with Crippen LogP contribution in [0.2, 0.25) is 0 Å². The van der Waals surface area contributed by atoms with Gasteiger partial charge in [-0.2, -0.15) is 23.5 Å². The number of rotatable bonds is 17. The first-order valence-electron chi connectivity index (χ1n) is 9.83. The normalized spacial score (nSPS) is 14.5. The number of carbonyl (C=O) groups is 5. The molecule has 0 rings (SSSR count). The second-order valence-electron chi connectivity index (χ2n) is 6.88. The van der Waals surface area contributed by atoms with E-state index in [1.165, 1.54) is 23.5 Å². The third kappa shape index (κ3) is 12.1. The van der Waals surface area contributed by atoms with Crippen molar-refractivity contribution < 1.29 is 34.2 Å². The highest BCUT2D eigenvalue weighted by Gasteiger charge is 2.29. The maximum Gasteiger partial charge on any atom is 0.326 e. The fourth-order valence-electron chi connectivity index (χ4n) is 2.44. The van der Waals surface area contributed by atoms with Gasteiger partial charge >= 0.3 is 5.97 Å². The molecule has 4 amide bonds. The van der Waals surface area contributed by atoms with E-state index in [4.69, 9.17) is 11.5 Å². The number of hydrogen-bond donors (Lipinski definition) is 7. The summed E-state index contributed by atoms with van der Waals surface area (Å²) in [4.78, 5) is 59.5. The summed E-state index contributed by atoms with van der Waals surface area (Å²) in [5, 5.41) is 26.0. The molecule has 12 nitrogen and oxygen atoms in total. The van der Waals surface area contributed by atoms with Gasteiger partial charge in [0.1, 0.15) is 18.1 Å². The average Bonchev–Trinajstić information content (AvgIpc) is 2.74. The van der Waals surface area contributed by atoms with E-state index < -0.39 is 60.4 Å². The van der Waals surface area contributed by atoms with Crippen molar-refractivity contribution in [2.24, 2.45) is 11.5 Å². The van der Waals surface area contributed by atoms with Crippen molar-refractivity contribution in [3.05, 3.63) is 0 Å². The number of nitrogens with two attached hydrogens (primary N) is 2. The second kappa shape index (κ2) is 16.6. The minimum Gasteiger partial charge on any atom is -0.480 e. The van der Waals surface area contributed by atoms with Gasteiger partial charge in [-0.15, -0.1) is 0 Å². The average molecular weight is 496 g/mol. The van der Waals surface area contributed by atoms with Gasteiger partial charge in [-0.3, -0.25) is 19.2 Å². The molecule has 0 bridgehead atoms. The Balaban J connectivity index is 5.14. The Labute approximate surface area is 195 Å². The van der Waals surface area contributed by atoms with Crippen LogP contribution in [0.15, 0.2) is 0 Å². The van der Waals surface area contributed by atoms with Crippen LogP contribution in [0, 0.1) is 0 Å². The lowest BCUT2D eigenvalue weighted by Crippen LogP contribution is -2.58. The van der Waals surface area contributed by atoms with Gasteiger partial charge in [0.15, 0.2) is 0 Å². The number of nitrogens with one attached hydrogen (secondary N) is 3. The van der Waals surface area contributed by atoms with Gasteiger partial charge in [-0.25, -0.2) is 4.79 Å². The Kier molecular flexibility index (Phi) is 15.5. The maximum absolute atomic E-state index is 12.6. The fourth-order valence-corrected chi connectivity index (χ4v) is 3.39. The van der Waals surface area contributed by atoms with Crippen LogP contribution >= 0.6 is 23.5 Å². The molecule has 32 heavy (non-hydrogen) atoms. The van der Waals surface area contributed by atoms with Gasteiger partial charge < -0.3 is 37.6 Å². The number of carboxylic acid groups (broad SMARTS) is 1. The zero-order valence-corrected chi connectivity index (χ0v) is 19.8. The third-order valence-electron chi connectivity index (χ3n) is 4.32. The number of primary amides is 1. The molecular weight excluding hydrogens is 462 g/mol. The number of amides is 4. The molecular formula is C18H33N5O7S2. The van der Waals surface area contributed by atoms with Gasteiger partial charge in [0.05, 0.1) is 12.6 Å². The Morgan fingerprint density at radius 1 is 0.812 bits per heavy atom. The fraction of sp³-hybridized carbons (Fsp3) is 0.722. The van der Waals surface area contributed by atoms with Crippen LogP contribution in [0.25, 0.3) is 0 Å². The molecule has 0 spiro atoms. The smallest absolute Gasteiger partial charge is 0.326 e. The predicted molar refractivity (Wildman–Crippen MR) is 123 cm³/mol. The monoisotopic (exact) mass is 495 g/mol. The number of aliphatic carboxylic acids is 1. The molecule has 9 N–H and O–H groups in total. The molecule has 0 saturated carbocycles. The maximum atomic E-state index is 12.6. The van der Waals surface area contributed by atoms with E-state index in [0.717, 1.165) is 0 Å². The summed E-state index contributed by atoms with van der Waals surface area (Å²) in [6.07, 6.45) is 3.88. The molecule has 4 unspecified atom stereocenters. The van der Waals surface area contributed by atoms with Crippen LogP contribution in [-0.4, -0.2) is 94.6 Å². The van der Waals surface area contributed by atoms with Gasteiger partial charge in [0.2, 0.25) is 23.6 Å². The zero-order valence-electron chi connectivity index (χ0n) is 18.2. The number of carbonyl (C=O) groups excluding carboxylic acids is 4. The van der Waals surface area contributed by atoms with Crippen molar-refractivity contribution in [2.45, 2.75) is 49.9 Å². The summed E-state index contributed by atoms with van der Waals surface area (Å²) in [6, 6.07) is -4.69. The largest absolute Gasteiger partial charge is 0.480 e. The first-order valence-corrected chi connectivity index (χ1v) is 12.6. The number of carboxylic acids is 1. The molecule has 0 aromatic rings. The summed E-state index contributed by atoms with van der Waals surface area (Å²) in [7, 11) is 0. The molecule has 0 aromatic carbocycles. The van der Waals surface area contributed by atoms with E-state index in [1.54, 1.807) is 6.26 Å². The van der Waals surface area contributed by atoms with Crippen LogP contribution < -0.4 is 27.4 Å². The molecule has 4 atom stereocenters. The highest BCUT2D eigenvalue weighted by atomic mass is 32.2. The lowest BCUT2D eigenvalue weighted by molar-refractivity contribution is -0.142. The van der Waals surface area contributed by atoms with Gasteiger partial charge in [-0.1, -0.05) is 0 Å². The molecule has 0 radical (unpaired) electrons. The Hall–Kier alpha value is -2.03.